The molecule has 1 N–H and O–H groups in total. The molecule has 0 spiro atoms. The second-order valence-electron chi connectivity index (χ2n) is 3.83. The Bertz CT molecular complexity index is 270. The molecule has 80 valence electrons. The Hall–Kier alpha value is -0.410. The van der Waals surface area contributed by atoms with Crippen LogP contribution in [0.5, 0.6) is 0 Å². The van der Waals surface area contributed by atoms with Crippen LogP contribution in [0.1, 0.15) is 31.0 Å². The Labute approximate surface area is 90.8 Å². The normalized spacial score (nSPS) is 15.4. The molecule has 1 aromatic rings. The van der Waals surface area contributed by atoms with Gasteiger partial charge in [-0.25, -0.2) is 4.98 Å². The molecule has 3 heteroatoms. The van der Waals surface area contributed by atoms with Crippen LogP contribution in [0.2, 0.25) is 0 Å². The third-order valence-corrected chi connectivity index (χ3v) is 3.78. The number of aryl methyl sites for hydroxylation is 1. The van der Waals surface area contributed by atoms with Gasteiger partial charge in [0.15, 0.2) is 0 Å². The summed E-state index contributed by atoms with van der Waals surface area (Å²) < 4.78 is 0. The fraction of sp³-hybridized carbons (Fsp3) is 0.727. The summed E-state index contributed by atoms with van der Waals surface area (Å²) >= 11 is 1.78. The first-order valence-electron chi connectivity index (χ1n) is 5.25. The Morgan fingerprint density at radius 1 is 1.57 bits per heavy atom. The van der Waals surface area contributed by atoms with Crippen molar-refractivity contribution in [2.45, 2.75) is 39.7 Å². The van der Waals surface area contributed by atoms with Crippen molar-refractivity contribution in [1.29, 1.82) is 0 Å². The molecule has 0 saturated carbocycles. The van der Waals surface area contributed by atoms with Crippen LogP contribution in [0.15, 0.2) is 5.38 Å². The molecular formula is C11H20N2S. The van der Waals surface area contributed by atoms with Crippen LogP contribution in [0, 0.1) is 12.8 Å². The Morgan fingerprint density at radius 2 is 2.29 bits per heavy atom. The van der Waals surface area contributed by atoms with Gasteiger partial charge in [-0.15, -0.1) is 11.3 Å². The molecule has 0 aromatic carbocycles. The van der Waals surface area contributed by atoms with Gasteiger partial charge in [-0.3, -0.25) is 0 Å². The quantitative estimate of drug-likeness (QED) is 0.811. The number of aromatic nitrogens is 1. The first-order chi connectivity index (χ1) is 6.67. The van der Waals surface area contributed by atoms with E-state index in [1.807, 2.05) is 7.05 Å². The van der Waals surface area contributed by atoms with Gasteiger partial charge in [-0.1, -0.05) is 13.3 Å². The molecule has 0 aliphatic rings. The lowest BCUT2D eigenvalue weighted by molar-refractivity contribution is 0.381. The molecule has 2 nitrogen and oxygen atoms in total. The highest BCUT2D eigenvalue weighted by molar-refractivity contribution is 7.09. The molecule has 0 bridgehead atoms. The summed E-state index contributed by atoms with van der Waals surface area (Å²) in [5.41, 5.74) is 1.15. The van der Waals surface area contributed by atoms with Gasteiger partial charge in [0.2, 0.25) is 0 Å². The van der Waals surface area contributed by atoms with E-state index >= 15 is 0 Å². The van der Waals surface area contributed by atoms with E-state index < -0.39 is 0 Å². The first kappa shape index (κ1) is 11.7. The number of nitrogens with zero attached hydrogens (tertiary/aromatic N) is 1. The lowest BCUT2D eigenvalue weighted by Crippen LogP contribution is -2.31. The predicted molar refractivity (Wildman–Crippen MR) is 62.9 cm³/mol. The van der Waals surface area contributed by atoms with E-state index in [1.54, 1.807) is 11.3 Å². The SMILES string of the molecule is CCC(Cc1nc(C)cs1)C(C)NC. The highest BCUT2D eigenvalue weighted by Gasteiger charge is 2.15. The number of hydrogen-bond donors (Lipinski definition) is 1. The molecule has 0 saturated heterocycles. The van der Waals surface area contributed by atoms with Crippen molar-refractivity contribution in [3.05, 3.63) is 16.1 Å². The highest BCUT2D eigenvalue weighted by Crippen LogP contribution is 2.18. The van der Waals surface area contributed by atoms with Crippen molar-refractivity contribution in [2.75, 3.05) is 7.05 Å². The van der Waals surface area contributed by atoms with Gasteiger partial charge in [-0.2, -0.15) is 0 Å². The zero-order chi connectivity index (χ0) is 10.6. The molecule has 1 rings (SSSR count). The number of thiazole rings is 1. The molecule has 0 amide bonds. The molecule has 14 heavy (non-hydrogen) atoms. The maximum atomic E-state index is 4.51. The van der Waals surface area contributed by atoms with Gasteiger partial charge in [0.05, 0.1) is 5.01 Å². The summed E-state index contributed by atoms with van der Waals surface area (Å²) in [6.45, 7) is 6.55. The molecule has 0 radical (unpaired) electrons. The average molecular weight is 212 g/mol. The van der Waals surface area contributed by atoms with Crippen molar-refractivity contribution in [1.82, 2.24) is 10.3 Å². The second kappa shape index (κ2) is 5.47. The van der Waals surface area contributed by atoms with Crippen LogP contribution >= 0.6 is 11.3 Å². The molecule has 2 unspecified atom stereocenters. The molecule has 0 aliphatic carbocycles. The van der Waals surface area contributed by atoms with Crippen LogP contribution in [-0.2, 0) is 6.42 Å². The van der Waals surface area contributed by atoms with Crippen LogP contribution in [0.3, 0.4) is 0 Å². The summed E-state index contributed by atoms with van der Waals surface area (Å²) in [6, 6.07) is 0.573. The number of rotatable bonds is 5. The predicted octanol–water partition coefficient (Wildman–Crippen LogP) is 2.63. The Kier molecular flexibility index (Phi) is 4.55. The van der Waals surface area contributed by atoms with Crippen molar-refractivity contribution in [3.8, 4) is 0 Å². The minimum atomic E-state index is 0.573. The summed E-state index contributed by atoms with van der Waals surface area (Å²) in [4.78, 5) is 4.51. The smallest absolute Gasteiger partial charge is 0.0931 e. The van der Waals surface area contributed by atoms with Gasteiger partial charge in [0, 0.05) is 23.5 Å². The van der Waals surface area contributed by atoms with E-state index in [0.29, 0.717) is 12.0 Å². The standard InChI is InChI=1S/C11H20N2S/c1-5-10(9(3)12-4)6-11-13-8(2)7-14-11/h7,9-10,12H,5-6H2,1-4H3. The van der Waals surface area contributed by atoms with Gasteiger partial charge >= 0.3 is 0 Å². The van der Waals surface area contributed by atoms with Gasteiger partial charge < -0.3 is 5.32 Å². The minimum Gasteiger partial charge on any atom is -0.317 e. The molecule has 0 fully saturated rings. The van der Waals surface area contributed by atoms with E-state index in [2.05, 4.69) is 36.5 Å². The zero-order valence-electron chi connectivity index (χ0n) is 9.50. The third-order valence-electron chi connectivity index (χ3n) is 2.79. The largest absolute Gasteiger partial charge is 0.317 e. The van der Waals surface area contributed by atoms with E-state index in [4.69, 9.17) is 0 Å². The lowest BCUT2D eigenvalue weighted by atomic mass is 9.95. The van der Waals surface area contributed by atoms with Crippen LogP contribution in [0.25, 0.3) is 0 Å². The Morgan fingerprint density at radius 3 is 2.71 bits per heavy atom. The van der Waals surface area contributed by atoms with Gasteiger partial charge in [0.25, 0.3) is 0 Å². The third kappa shape index (κ3) is 3.07. The first-order valence-corrected chi connectivity index (χ1v) is 6.13. The highest BCUT2D eigenvalue weighted by atomic mass is 32.1. The second-order valence-corrected chi connectivity index (χ2v) is 4.78. The van der Waals surface area contributed by atoms with E-state index in [9.17, 15) is 0 Å². The molecule has 1 heterocycles. The minimum absolute atomic E-state index is 0.573. The summed E-state index contributed by atoms with van der Waals surface area (Å²) in [6.07, 6.45) is 2.32. The van der Waals surface area contributed by atoms with Gasteiger partial charge in [-0.05, 0) is 26.8 Å². The molecule has 0 aliphatic heterocycles. The van der Waals surface area contributed by atoms with Gasteiger partial charge in [0.1, 0.15) is 0 Å². The Balaban J connectivity index is 2.56. The topological polar surface area (TPSA) is 24.9 Å². The average Bonchev–Trinajstić information content (AvgIpc) is 2.59. The van der Waals surface area contributed by atoms with Crippen molar-refractivity contribution in [2.24, 2.45) is 5.92 Å². The summed E-state index contributed by atoms with van der Waals surface area (Å²) in [7, 11) is 2.03. The molecule has 2 atom stereocenters. The molecular weight excluding hydrogens is 192 g/mol. The van der Waals surface area contributed by atoms with Crippen LogP contribution in [0.4, 0.5) is 0 Å². The summed E-state index contributed by atoms with van der Waals surface area (Å²) in [5.74, 6) is 0.700. The maximum Gasteiger partial charge on any atom is 0.0931 e. The molecule has 1 aromatic heterocycles. The zero-order valence-corrected chi connectivity index (χ0v) is 10.3. The van der Waals surface area contributed by atoms with Crippen LogP contribution < -0.4 is 5.32 Å². The maximum absolute atomic E-state index is 4.51. The van der Waals surface area contributed by atoms with E-state index in [-0.39, 0.29) is 0 Å². The number of hydrogen-bond acceptors (Lipinski definition) is 3. The fourth-order valence-electron chi connectivity index (χ4n) is 1.63. The number of nitrogens with one attached hydrogen (secondary N) is 1. The van der Waals surface area contributed by atoms with Crippen molar-refractivity contribution in [3.63, 3.8) is 0 Å². The van der Waals surface area contributed by atoms with Crippen LogP contribution in [-0.4, -0.2) is 18.1 Å². The van der Waals surface area contributed by atoms with E-state index in [0.717, 1.165) is 12.1 Å². The summed E-state index contributed by atoms with van der Waals surface area (Å²) in [5, 5.41) is 6.73. The van der Waals surface area contributed by atoms with E-state index in [1.165, 1.54) is 11.4 Å². The van der Waals surface area contributed by atoms with Crippen molar-refractivity contribution >= 4 is 11.3 Å². The lowest BCUT2D eigenvalue weighted by Gasteiger charge is -2.20. The monoisotopic (exact) mass is 212 g/mol. The van der Waals surface area contributed by atoms with Crippen molar-refractivity contribution < 1.29 is 0 Å². The fourth-order valence-corrected chi connectivity index (χ4v) is 2.50.